The molecule has 3 atom stereocenters. The Hall–Kier alpha value is -2.24. The fourth-order valence-electron chi connectivity index (χ4n) is 4.61. The van der Waals surface area contributed by atoms with Crippen LogP contribution in [0.2, 0.25) is 0 Å². The summed E-state index contributed by atoms with van der Waals surface area (Å²) in [6.45, 7) is 1.76. The van der Waals surface area contributed by atoms with Crippen LogP contribution < -0.4 is 20.1 Å². The second-order valence-corrected chi connectivity index (χ2v) is 7.65. The molecule has 26 heavy (non-hydrogen) atoms. The molecule has 0 spiro atoms. The molecule has 0 radical (unpaired) electrons. The van der Waals surface area contributed by atoms with Crippen molar-refractivity contribution in [3.05, 3.63) is 18.2 Å². The van der Waals surface area contributed by atoms with Gasteiger partial charge in [0.15, 0.2) is 11.5 Å². The monoisotopic (exact) mass is 358 g/mol. The van der Waals surface area contributed by atoms with Crippen LogP contribution in [0.3, 0.4) is 0 Å². The van der Waals surface area contributed by atoms with Crippen molar-refractivity contribution in [3.8, 4) is 11.5 Å². The van der Waals surface area contributed by atoms with Crippen LogP contribution in [0, 0.1) is 17.8 Å². The Morgan fingerprint density at radius 3 is 2.65 bits per heavy atom. The number of ether oxygens (including phenoxy) is 2. The quantitative estimate of drug-likeness (QED) is 0.812. The van der Waals surface area contributed by atoms with E-state index in [1.54, 1.807) is 18.2 Å². The minimum atomic E-state index is -0.646. The van der Waals surface area contributed by atoms with E-state index in [1.807, 2.05) is 0 Å². The van der Waals surface area contributed by atoms with Gasteiger partial charge in [0.25, 0.3) is 0 Å². The number of amides is 2. The first-order valence-electron chi connectivity index (χ1n) is 9.68. The van der Waals surface area contributed by atoms with Gasteiger partial charge < -0.3 is 20.1 Å². The van der Waals surface area contributed by atoms with Crippen molar-refractivity contribution in [2.75, 3.05) is 25.1 Å². The lowest BCUT2D eigenvalue weighted by atomic mass is 9.86. The van der Waals surface area contributed by atoms with Crippen molar-refractivity contribution in [2.24, 2.45) is 17.8 Å². The summed E-state index contributed by atoms with van der Waals surface area (Å²) >= 11 is 0. The number of carbonyl (C=O) groups excluding carboxylic acids is 2. The summed E-state index contributed by atoms with van der Waals surface area (Å²) in [5.74, 6) is 2.50. The highest BCUT2D eigenvalue weighted by Crippen LogP contribution is 2.49. The Kier molecular flexibility index (Phi) is 5.00. The third-order valence-corrected chi connectivity index (χ3v) is 5.90. The van der Waals surface area contributed by atoms with Gasteiger partial charge in [-0.25, -0.2) is 0 Å². The molecule has 1 heterocycles. The summed E-state index contributed by atoms with van der Waals surface area (Å²) in [7, 11) is 0. The topological polar surface area (TPSA) is 76.7 Å². The molecule has 0 aromatic heterocycles. The van der Waals surface area contributed by atoms with Gasteiger partial charge in [-0.1, -0.05) is 6.42 Å². The zero-order chi connectivity index (χ0) is 17.9. The highest BCUT2D eigenvalue weighted by molar-refractivity contribution is 6.39. The predicted molar refractivity (Wildman–Crippen MR) is 97.2 cm³/mol. The van der Waals surface area contributed by atoms with E-state index in [2.05, 4.69) is 10.6 Å². The molecule has 2 bridgehead atoms. The molecule has 0 unspecified atom stereocenters. The van der Waals surface area contributed by atoms with Gasteiger partial charge in [-0.3, -0.25) is 9.59 Å². The Balaban J connectivity index is 1.25. The third kappa shape index (κ3) is 3.79. The molecular weight excluding hydrogens is 332 g/mol. The van der Waals surface area contributed by atoms with Gasteiger partial charge in [0.05, 0.1) is 13.2 Å². The molecule has 0 saturated heterocycles. The molecule has 6 heteroatoms. The number of hydrogen-bond donors (Lipinski definition) is 2. The van der Waals surface area contributed by atoms with E-state index >= 15 is 0 Å². The van der Waals surface area contributed by atoms with E-state index in [0.717, 1.165) is 30.6 Å². The van der Waals surface area contributed by atoms with E-state index in [9.17, 15) is 9.59 Å². The van der Waals surface area contributed by atoms with E-state index in [4.69, 9.17) is 9.47 Å². The summed E-state index contributed by atoms with van der Waals surface area (Å²) in [6, 6.07) is 5.17. The number of fused-ring (bicyclic) bond motifs is 3. The molecular formula is C20H26N2O4. The van der Waals surface area contributed by atoms with Crippen LogP contribution in [0.4, 0.5) is 5.69 Å². The van der Waals surface area contributed by atoms with Crippen LogP contribution in [-0.2, 0) is 9.59 Å². The van der Waals surface area contributed by atoms with Crippen molar-refractivity contribution in [1.82, 2.24) is 5.32 Å². The highest BCUT2D eigenvalue weighted by atomic mass is 16.5. The zero-order valence-corrected chi connectivity index (χ0v) is 15.0. The van der Waals surface area contributed by atoms with Gasteiger partial charge in [-0.15, -0.1) is 0 Å². The van der Waals surface area contributed by atoms with Crippen LogP contribution in [0.5, 0.6) is 11.5 Å². The maximum absolute atomic E-state index is 12.1. The number of carbonyl (C=O) groups is 2. The van der Waals surface area contributed by atoms with Crippen LogP contribution in [0.15, 0.2) is 18.2 Å². The molecule has 2 fully saturated rings. The normalized spacial score (nSPS) is 26.2. The minimum Gasteiger partial charge on any atom is -0.490 e. The summed E-state index contributed by atoms with van der Waals surface area (Å²) in [4.78, 5) is 24.2. The molecule has 6 nitrogen and oxygen atoms in total. The lowest BCUT2D eigenvalue weighted by Gasteiger charge is -2.21. The molecule has 1 aromatic rings. The fraction of sp³-hybridized carbons (Fsp3) is 0.600. The molecule has 1 aliphatic heterocycles. The van der Waals surface area contributed by atoms with Crippen molar-refractivity contribution < 1.29 is 19.1 Å². The number of rotatable bonds is 4. The largest absolute Gasteiger partial charge is 0.490 e. The first-order chi connectivity index (χ1) is 12.7. The number of nitrogens with one attached hydrogen (secondary N) is 2. The molecule has 4 rings (SSSR count). The van der Waals surface area contributed by atoms with Gasteiger partial charge in [-0.2, -0.15) is 0 Å². The van der Waals surface area contributed by atoms with Crippen LogP contribution in [0.1, 0.15) is 38.5 Å². The molecule has 1 aromatic carbocycles. The molecule has 2 N–H and O–H groups in total. The van der Waals surface area contributed by atoms with Crippen molar-refractivity contribution in [1.29, 1.82) is 0 Å². The summed E-state index contributed by atoms with van der Waals surface area (Å²) in [6.07, 6.45) is 7.18. The van der Waals surface area contributed by atoms with Gasteiger partial charge >= 0.3 is 11.8 Å². The average molecular weight is 358 g/mol. The first kappa shape index (κ1) is 17.2. The second kappa shape index (κ2) is 7.56. The molecule has 2 saturated carbocycles. The lowest BCUT2D eigenvalue weighted by molar-refractivity contribution is -0.136. The van der Waals surface area contributed by atoms with Crippen molar-refractivity contribution in [2.45, 2.75) is 38.5 Å². The predicted octanol–water partition coefficient (Wildman–Crippen LogP) is 2.73. The summed E-state index contributed by atoms with van der Waals surface area (Å²) in [5.41, 5.74) is 0.530. The number of anilines is 1. The number of benzene rings is 1. The van der Waals surface area contributed by atoms with Gasteiger partial charge in [0.1, 0.15) is 0 Å². The number of hydrogen-bond acceptors (Lipinski definition) is 4. The lowest BCUT2D eigenvalue weighted by Crippen LogP contribution is -2.36. The van der Waals surface area contributed by atoms with Gasteiger partial charge in [-0.05, 0) is 55.6 Å². The van der Waals surface area contributed by atoms with E-state index in [0.29, 0.717) is 36.9 Å². The van der Waals surface area contributed by atoms with E-state index in [-0.39, 0.29) is 0 Å². The van der Waals surface area contributed by atoms with Crippen LogP contribution in [-0.4, -0.2) is 31.6 Å². The Morgan fingerprint density at radius 1 is 1.04 bits per heavy atom. The van der Waals surface area contributed by atoms with Crippen LogP contribution in [0.25, 0.3) is 0 Å². The SMILES string of the molecule is O=C(NCC[C@H]1C[C@H]2CC[C@H]1C2)C(=O)Nc1ccc2c(c1)OCCCO2. The zero-order valence-electron chi connectivity index (χ0n) is 15.0. The van der Waals surface area contributed by atoms with Gasteiger partial charge in [0.2, 0.25) is 0 Å². The van der Waals surface area contributed by atoms with Crippen molar-refractivity contribution in [3.63, 3.8) is 0 Å². The highest BCUT2D eigenvalue weighted by Gasteiger charge is 2.38. The van der Waals surface area contributed by atoms with Crippen LogP contribution >= 0.6 is 0 Å². The Labute approximate surface area is 153 Å². The van der Waals surface area contributed by atoms with E-state index < -0.39 is 11.8 Å². The van der Waals surface area contributed by atoms with Gasteiger partial charge in [0, 0.05) is 24.7 Å². The molecule has 2 aliphatic carbocycles. The molecule has 2 amide bonds. The Bertz CT molecular complexity index is 690. The van der Waals surface area contributed by atoms with Crippen molar-refractivity contribution >= 4 is 17.5 Å². The fourth-order valence-corrected chi connectivity index (χ4v) is 4.61. The minimum absolute atomic E-state index is 0.530. The second-order valence-electron chi connectivity index (χ2n) is 7.65. The maximum Gasteiger partial charge on any atom is 0.313 e. The maximum atomic E-state index is 12.1. The average Bonchev–Trinajstić information content (AvgIpc) is 3.18. The first-order valence-corrected chi connectivity index (χ1v) is 9.68. The smallest absolute Gasteiger partial charge is 0.313 e. The molecule has 3 aliphatic rings. The molecule has 140 valence electrons. The standard InChI is InChI=1S/C20H26N2O4/c23-19(21-7-6-15-11-13-2-3-14(15)10-13)20(24)22-16-4-5-17-18(12-16)26-9-1-8-25-17/h4-5,12-15H,1-3,6-11H2,(H,21,23)(H,22,24)/t13-,14-,15-/m0/s1. The third-order valence-electron chi connectivity index (χ3n) is 5.90. The van der Waals surface area contributed by atoms with E-state index in [1.165, 1.54) is 25.7 Å². The Morgan fingerprint density at radius 2 is 1.88 bits per heavy atom. The summed E-state index contributed by atoms with van der Waals surface area (Å²) < 4.78 is 11.2. The summed E-state index contributed by atoms with van der Waals surface area (Å²) in [5, 5.41) is 5.39.